The highest BCUT2D eigenvalue weighted by Gasteiger charge is 2.22. The second-order valence-corrected chi connectivity index (χ2v) is 4.05. The first-order chi connectivity index (χ1) is 9.04. The van der Waals surface area contributed by atoms with Crippen LogP contribution in [0.5, 0.6) is 0 Å². The van der Waals surface area contributed by atoms with Gasteiger partial charge in [0.2, 0.25) is 0 Å². The lowest BCUT2D eigenvalue weighted by Gasteiger charge is -2.15. The third-order valence-electron chi connectivity index (χ3n) is 2.55. The fraction of sp³-hybridized carbons (Fsp3) is 0.385. The molecule has 0 aliphatic rings. The molecule has 1 unspecified atom stereocenters. The maximum Gasteiger partial charge on any atom is 0.305 e. The van der Waals surface area contributed by atoms with Gasteiger partial charge in [-0.15, -0.1) is 0 Å². The summed E-state index contributed by atoms with van der Waals surface area (Å²) in [6, 6.07) is 4.06. The molecule has 0 heterocycles. The molecular weight excluding hydrogens is 253 g/mol. The lowest BCUT2D eigenvalue weighted by Crippen LogP contribution is -2.39. The molecule has 0 aromatic heterocycles. The van der Waals surface area contributed by atoms with Crippen molar-refractivity contribution in [1.82, 2.24) is 5.32 Å². The first-order valence-corrected chi connectivity index (χ1v) is 5.90. The second kappa shape index (κ2) is 7.60. The van der Waals surface area contributed by atoms with Gasteiger partial charge in [0, 0.05) is 12.2 Å². The highest BCUT2D eigenvalue weighted by atomic mass is 19.1. The van der Waals surface area contributed by atoms with E-state index in [0.29, 0.717) is 13.0 Å². The van der Waals surface area contributed by atoms with Crippen molar-refractivity contribution in [2.45, 2.75) is 18.9 Å². The van der Waals surface area contributed by atoms with Gasteiger partial charge in [0.25, 0.3) is 0 Å². The number of carbonyl (C=O) groups excluding carboxylic acids is 1. The van der Waals surface area contributed by atoms with Crippen LogP contribution in [0.1, 0.15) is 23.2 Å². The van der Waals surface area contributed by atoms with Crippen molar-refractivity contribution >= 4 is 11.8 Å². The van der Waals surface area contributed by atoms with Crippen LogP contribution in [0.2, 0.25) is 0 Å². The van der Waals surface area contributed by atoms with Gasteiger partial charge in [-0.25, -0.2) is 4.39 Å². The highest BCUT2D eigenvalue weighted by molar-refractivity contribution is 6.01. The molecule has 0 saturated carbocycles. The van der Waals surface area contributed by atoms with E-state index in [1.807, 2.05) is 0 Å². The summed E-state index contributed by atoms with van der Waals surface area (Å²) in [5.41, 5.74) is 0.254. The summed E-state index contributed by atoms with van der Waals surface area (Å²) >= 11 is 0. The number of ketones is 1. The molecule has 1 aromatic rings. The number of carboxylic acid groups (broad SMARTS) is 1. The molecule has 1 rings (SSSR count). The van der Waals surface area contributed by atoms with Crippen LogP contribution in [0.3, 0.4) is 0 Å². The maximum absolute atomic E-state index is 12.8. The third kappa shape index (κ3) is 5.15. The molecule has 0 radical (unpaired) electrons. The Morgan fingerprint density at radius 3 is 2.42 bits per heavy atom. The zero-order valence-corrected chi connectivity index (χ0v) is 10.3. The summed E-state index contributed by atoms with van der Waals surface area (Å²) in [5.74, 6) is -1.96. The molecule has 1 atom stereocenters. The Bertz CT molecular complexity index is 433. The number of hydrogen-bond acceptors (Lipinski definition) is 4. The van der Waals surface area contributed by atoms with Gasteiger partial charge in [0.1, 0.15) is 5.82 Å². The molecule has 5 nitrogen and oxygen atoms in total. The molecule has 0 amide bonds. The Balaban J connectivity index is 2.74. The lowest BCUT2D eigenvalue weighted by molar-refractivity contribution is -0.137. The minimum Gasteiger partial charge on any atom is -0.481 e. The minimum atomic E-state index is -1.10. The average molecular weight is 269 g/mol. The molecule has 0 aliphatic carbocycles. The fourth-order valence-electron chi connectivity index (χ4n) is 1.60. The number of nitrogens with one attached hydrogen (secondary N) is 1. The Hall–Kier alpha value is -1.79. The van der Waals surface area contributed by atoms with E-state index < -0.39 is 23.6 Å². The molecular formula is C13H16FNO4. The van der Waals surface area contributed by atoms with Crippen molar-refractivity contribution in [3.63, 3.8) is 0 Å². The standard InChI is InChI=1S/C13H16FNO4/c14-10-4-2-9(3-5-10)13(19)11(8-12(17)18)15-6-1-7-16/h2-5,11,15-16H,1,6-8H2,(H,17,18). The van der Waals surface area contributed by atoms with Crippen molar-refractivity contribution < 1.29 is 24.2 Å². The van der Waals surface area contributed by atoms with Crippen LogP contribution in [0.4, 0.5) is 4.39 Å². The molecule has 0 bridgehead atoms. The largest absolute Gasteiger partial charge is 0.481 e. The van der Waals surface area contributed by atoms with Crippen molar-refractivity contribution in [1.29, 1.82) is 0 Å². The quantitative estimate of drug-likeness (QED) is 0.480. The fourth-order valence-corrected chi connectivity index (χ4v) is 1.60. The Morgan fingerprint density at radius 1 is 1.26 bits per heavy atom. The SMILES string of the molecule is O=C(O)CC(NCCCO)C(=O)c1ccc(F)cc1. The number of aliphatic hydroxyl groups is 1. The van der Waals surface area contributed by atoms with Crippen molar-refractivity contribution in [2.75, 3.05) is 13.2 Å². The van der Waals surface area contributed by atoms with Gasteiger partial charge in [-0.05, 0) is 37.2 Å². The van der Waals surface area contributed by atoms with Crippen LogP contribution in [0, 0.1) is 5.82 Å². The summed E-state index contributed by atoms with van der Waals surface area (Å²) in [4.78, 5) is 22.8. The normalized spacial score (nSPS) is 12.1. The van der Waals surface area contributed by atoms with Crippen LogP contribution < -0.4 is 5.32 Å². The van der Waals surface area contributed by atoms with E-state index in [1.165, 1.54) is 12.1 Å². The molecule has 0 aliphatic heterocycles. The maximum atomic E-state index is 12.8. The van der Waals surface area contributed by atoms with Crippen LogP contribution in [0.15, 0.2) is 24.3 Å². The van der Waals surface area contributed by atoms with Gasteiger partial charge in [-0.3, -0.25) is 9.59 Å². The monoisotopic (exact) mass is 269 g/mol. The number of halogens is 1. The predicted octanol–water partition coefficient (Wildman–Crippen LogP) is 0.824. The Morgan fingerprint density at radius 2 is 1.89 bits per heavy atom. The van der Waals surface area contributed by atoms with Gasteiger partial charge >= 0.3 is 5.97 Å². The van der Waals surface area contributed by atoms with E-state index in [-0.39, 0.29) is 18.6 Å². The third-order valence-corrected chi connectivity index (χ3v) is 2.55. The smallest absolute Gasteiger partial charge is 0.305 e. The summed E-state index contributed by atoms with van der Waals surface area (Å²) < 4.78 is 12.8. The Labute approximate surface area is 110 Å². The zero-order valence-electron chi connectivity index (χ0n) is 10.3. The summed E-state index contributed by atoms with van der Waals surface area (Å²) in [6.45, 7) is 0.291. The molecule has 6 heteroatoms. The summed E-state index contributed by atoms with van der Waals surface area (Å²) in [7, 11) is 0. The van der Waals surface area contributed by atoms with Crippen LogP contribution in [-0.2, 0) is 4.79 Å². The van der Waals surface area contributed by atoms with Crippen molar-refractivity contribution in [3.05, 3.63) is 35.6 Å². The van der Waals surface area contributed by atoms with E-state index >= 15 is 0 Å². The van der Waals surface area contributed by atoms with Gasteiger partial charge in [-0.1, -0.05) is 0 Å². The number of carboxylic acids is 1. The molecule has 0 spiro atoms. The molecule has 3 N–H and O–H groups in total. The topological polar surface area (TPSA) is 86.6 Å². The van der Waals surface area contributed by atoms with Crippen LogP contribution in [0.25, 0.3) is 0 Å². The van der Waals surface area contributed by atoms with E-state index in [9.17, 15) is 14.0 Å². The highest BCUT2D eigenvalue weighted by Crippen LogP contribution is 2.08. The first-order valence-electron chi connectivity index (χ1n) is 5.90. The van der Waals surface area contributed by atoms with Crippen LogP contribution in [-0.4, -0.2) is 41.2 Å². The number of aliphatic carboxylic acids is 1. The number of aliphatic hydroxyl groups excluding tert-OH is 1. The molecule has 19 heavy (non-hydrogen) atoms. The van der Waals surface area contributed by atoms with E-state index in [2.05, 4.69) is 5.32 Å². The molecule has 0 fully saturated rings. The number of carbonyl (C=O) groups is 2. The number of rotatable bonds is 8. The number of Topliss-reactive ketones (excluding diaryl/α,β-unsaturated/α-hetero) is 1. The summed E-state index contributed by atoms with van der Waals surface area (Å²) in [5, 5.41) is 20.2. The van der Waals surface area contributed by atoms with E-state index in [4.69, 9.17) is 10.2 Å². The molecule has 104 valence electrons. The van der Waals surface area contributed by atoms with Crippen LogP contribution >= 0.6 is 0 Å². The van der Waals surface area contributed by atoms with Crippen molar-refractivity contribution in [3.8, 4) is 0 Å². The van der Waals surface area contributed by atoms with Crippen molar-refractivity contribution in [2.24, 2.45) is 0 Å². The minimum absolute atomic E-state index is 0.0441. The van der Waals surface area contributed by atoms with Gasteiger partial charge < -0.3 is 15.5 Å². The zero-order chi connectivity index (χ0) is 14.3. The molecule has 0 saturated heterocycles. The second-order valence-electron chi connectivity index (χ2n) is 4.05. The van der Waals surface area contributed by atoms with E-state index in [0.717, 1.165) is 12.1 Å². The lowest BCUT2D eigenvalue weighted by atomic mass is 10.0. The number of hydrogen-bond donors (Lipinski definition) is 3. The summed E-state index contributed by atoms with van der Waals surface area (Å²) in [6.07, 6.45) is 0.0639. The van der Waals surface area contributed by atoms with E-state index in [1.54, 1.807) is 0 Å². The Kier molecular flexibility index (Phi) is 6.11. The van der Waals surface area contributed by atoms with Gasteiger partial charge in [-0.2, -0.15) is 0 Å². The van der Waals surface area contributed by atoms with Gasteiger partial charge in [0.05, 0.1) is 12.5 Å². The van der Waals surface area contributed by atoms with Gasteiger partial charge in [0.15, 0.2) is 5.78 Å². The first kappa shape index (κ1) is 15.3. The average Bonchev–Trinajstić information content (AvgIpc) is 2.37. The molecule has 1 aromatic carbocycles. The predicted molar refractivity (Wildman–Crippen MR) is 66.5 cm³/mol. The number of benzene rings is 1.